The van der Waals surface area contributed by atoms with E-state index in [1.165, 1.54) is 30.3 Å². The lowest BCUT2D eigenvalue weighted by molar-refractivity contribution is -0.383. The second kappa shape index (κ2) is 7.04. The summed E-state index contributed by atoms with van der Waals surface area (Å²) in [5.41, 5.74) is -0.145. The number of benzene rings is 2. The first-order valence-corrected chi connectivity index (χ1v) is 6.38. The Morgan fingerprint density at radius 1 is 1.30 bits per heavy atom. The Balaban J connectivity index is 2.28. The first-order valence-electron chi connectivity index (χ1n) is 6.38. The molecule has 2 radical (unpaired) electrons. The number of hydrogen-bond acceptors (Lipinski definition) is 4. The van der Waals surface area contributed by atoms with Gasteiger partial charge in [-0.2, -0.15) is 8.78 Å². The smallest absolute Gasteiger partial charge is 0.387 e. The van der Waals surface area contributed by atoms with E-state index in [1.54, 1.807) is 0 Å². The highest BCUT2D eigenvalue weighted by atomic mass is 19.3. The first kappa shape index (κ1) is 16.7. The van der Waals surface area contributed by atoms with Crippen molar-refractivity contribution in [2.24, 2.45) is 0 Å². The van der Waals surface area contributed by atoms with Crippen LogP contribution in [0.3, 0.4) is 0 Å². The zero-order chi connectivity index (χ0) is 17.0. The second-order valence-electron chi connectivity index (χ2n) is 4.48. The van der Waals surface area contributed by atoms with Crippen LogP contribution in [0.5, 0.6) is 5.75 Å². The summed E-state index contributed by atoms with van der Waals surface area (Å²) in [5, 5.41) is 13.6. The fourth-order valence-corrected chi connectivity index (χ4v) is 1.95. The molecule has 0 aromatic heterocycles. The van der Waals surface area contributed by atoms with E-state index < -0.39 is 17.4 Å². The van der Waals surface area contributed by atoms with Gasteiger partial charge in [0.15, 0.2) is 0 Å². The van der Waals surface area contributed by atoms with Gasteiger partial charge in [-0.25, -0.2) is 4.39 Å². The van der Waals surface area contributed by atoms with Gasteiger partial charge in [0.2, 0.25) is 0 Å². The second-order valence-corrected chi connectivity index (χ2v) is 4.48. The molecule has 0 unspecified atom stereocenters. The van der Waals surface area contributed by atoms with Crippen molar-refractivity contribution in [3.05, 3.63) is 57.9 Å². The molecule has 0 bridgehead atoms. The fraction of sp³-hybridized carbons (Fsp3) is 0.143. The number of alkyl halides is 2. The Hall–Kier alpha value is -2.71. The van der Waals surface area contributed by atoms with E-state index in [9.17, 15) is 23.3 Å². The average Bonchev–Trinajstić information content (AvgIpc) is 2.45. The van der Waals surface area contributed by atoms with Crippen molar-refractivity contribution in [2.45, 2.75) is 13.2 Å². The molecule has 0 saturated carbocycles. The van der Waals surface area contributed by atoms with Gasteiger partial charge in [-0.1, -0.05) is 17.6 Å². The van der Waals surface area contributed by atoms with E-state index in [1.807, 2.05) is 0 Å². The summed E-state index contributed by atoms with van der Waals surface area (Å²) in [6.07, 6.45) is 0. The van der Waals surface area contributed by atoms with Crippen molar-refractivity contribution < 1.29 is 22.8 Å². The van der Waals surface area contributed by atoms with Crippen LogP contribution in [0.1, 0.15) is 5.56 Å². The number of rotatable bonds is 6. The number of hydrogen-bond donors (Lipinski definition) is 1. The molecule has 0 aliphatic heterocycles. The molecule has 0 spiro atoms. The van der Waals surface area contributed by atoms with E-state index in [-0.39, 0.29) is 34.7 Å². The number of halogens is 3. The number of anilines is 1. The van der Waals surface area contributed by atoms with Gasteiger partial charge in [0, 0.05) is 18.2 Å². The maximum absolute atomic E-state index is 13.8. The molecule has 0 aliphatic rings. The molecule has 2 rings (SSSR count). The monoisotopic (exact) mass is 322 g/mol. The van der Waals surface area contributed by atoms with Gasteiger partial charge in [-0.15, -0.1) is 0 Å². The fourth-order valence-electron chi connectivity index (χ4n) is 1.95. The number of nitro benzene ring substituents is 1. The molecule has 118 valence electrons. The van der Waals surface area contributed by atoms with Crippen LogP contribution < -0.4 is 15.5 Å². The predicted molar refractivity (Wildman–Crippen MR) is 78.8 cm³/mol. The molecule has 0 fully saturated rings. The number of nitro groups is 1. The van der Waals surface area contributed by atoms with Gasteiger partial charge in [0.25, 0.3) is 5.69 Å². The van der Waals surface area contributed by atoms with Gasteiger partial charge in [0.05, 0.1) is 4.92 Å². The van der Waals surface area contributed by atoms with E-state index in [0.717, 1.165) is 6.07 Å². The summed E-state index contributed by atoms with van der Waals surface area (Å²) in [5.74, 6) is -1.12. The Kier molecular flexibility index (Phi) is 5.10. The van der Waals surface area contributed by atoms with E-state index in [4.69, 9.17) is 7.85 Å². The van der Waals surface area contributed by atoms with Crippen LogP contribution in [0.4, 0.5) is 24.5 Å². The Bertz CT molecular complexity index is 728. The molecule has 0 atom stereocenters. The first-order chi connectivity index (χ1) is 10.9. The normalized spacial score (nSPS) is 10.6. The van der Waals surface area contributed by atoms with Gasteiger partial charge < -0.3 is 10.1 Å². The highest BCUT2D eigenvalue weighted by molar-refractivity contribution is 6.32. The van der Waals surface area contributed by atoms with E-state index in [0.29, 0.717) is 0 Å². The SMILES string of the molecule is [B]c1ccc([N+](=O)[O-])c(NCc2c(F)cccc2OC(F)F)c1. The van der Waals surface area contributed by atoms with Crippen molar-refractivity contribution in [1.29, 1.82) is 0 Å². The van der Waals surface area contributed by atoms with Gasteiger partial charge >= 0.3 is 6.61 Å². The molecule has 0 saturated heterocycles. The van der Waals surface area contributed by atoms with Crippen molar-refractivity contribution in [1.82, 2.24) is 0 Å². The molecule has 2 aromatic rings. The highest BCUT2D eigenvalue weighted by Crippen LogP contribution is 2.27. The molecule has 0 amide bonds. The third-order valence-electron chi connectivity index (χ3n) is 2.96. The molecular weight excluding hydrogens is 312 g/mol. The minimum atomic E-state index is -3.11. The van der Waals surface area contributed by atoms with Crippen molar-refractivity contribution in [3.8, 4) is 5.75 Å². The minimum Gasteiger partial charge on any atom is -0.434 e. The standard InChI is InChI=1S/C14H10BF3N2O3/c15-8-4-5-12(20(21)22)11(6-8)19-7-9-10(16)2-1-3-13(9)23-14(17)18/h1-6,14,19H,7H2. The lowest BCUT2D eigenvalue weighted by Gasteiger charge is -2.13. The van der Waals surface area contributed by atoms with Crippen molar-refractivity contribution in [3.63, 3.8) is 0 Å². The molecule has 5 nitrogen and oxygen atoms in total. The summed E-state index contributed by atoms with van der Waals surface area (Å²) < 4.78 is 42.8. The number of ether oxygens (including phenoxy) is 1. The molecule has 23 heavy (non-hydrogen) atoms. The Labute approximate surface area is 130 Å². The molecule has 0 aliphatic carbocycles. The van der Waals surface area contributed by atoms with E-state index in [2.05, 4.69) is 10.1 Å². The van der Waals surface area contributed by atoms with Crippen LogP contribution in [0, 0.1) is 15.9 Å². The summed E-state index contributed by atoms with van der Waals surface area (Å²) in [6, 6.07) is 7.31. The number of nitrogens with one attached hydrogen (secondary N) is 1. The van der Waals surface area contributed by atoms with Gasteiger partial charge in [-0.3, -0.25) is 10.1 Å². The van der Waals surface area contributed by atoms with Crippen LogP contribution in [0.15, 0.2) is 36.4 Å². The predicted octanol–water partition coefficient (Wildman–Crippen LogP) is 2.74. The molecule has 0 heterocycles. The van der Waals surface area contributed by atoms with Crippen molar-refractivity contribution in [2.75, 3.05) is 5.32 Å². The molecule has 2 aromatic carbocycles. The zero-order valence-corrected chi connectivity index (χ0v) is 11.6. The Morgan fingerprint density at radius 3 is 2.70 bits per heavy atom. The summed E-state index contributed by atoms with van der Waals surface area (Å²) in [4.78, 5) is 10.3. The lowest BCUT2D eigenvalue weighted by atomic mass is 9.95. The van der Waals surface area contributed by atoms with Gasteiger partial charge in [0.1, 0.15) is 25.1 Å². The highest BCUT2D eigenvalue weighted by Gasteiger charge is 2.17. The van der Waals surface area contributed by atoms with Gasteiger partial charge in [-0.05, 0) is 18.2 Å². The summed E-state index contributed by atoms with van der Waals surface area (Å²) in [6.45, 7) is -3.41. The minimum absolute atomic E-state index is 0.0428. The third kappa shape index (κ3) is 4.15. The number of nitrogens with zero attached hydrogens (tertiary/aromatic N) is 1. The van der Waals surface area contributed by atoms with E-state index >= 15 is 0 Å². The zero-order valence-electron chi connectivity index (χ0n) is 11.6. The van der Waals surface area contributed by atoms with Crippen LogP contribution in [0.2, 0.25) is 0 Å². The molecule has 1 N–H and O–H groups in total. The molecule has 9 heteroatoms. The average molecular weight is 322 g/mol. The Morgan fingerprint density at radius 2 is 2.04 bits per heavy atom. The van der Waals surface area contributed by atoms with Crippen LogP contribution in [-0.4, -0.2) is 19.4 Å². The van der Waals surface area contributed by atoms with Crippen LogP contribution >= 0.6 is 0 Å². The third-order valence-corrected chi connectivity index (χ3v) is 2.96. The summed E-state index contributed by atoms with van der Waals surface area (Å²) in [7, 11) is 5.56. The van der Waals surface area contributed by atoms with Crippen LogP contribution in [-0.2, 0) is 6.54 Å². The van der Waals surface area contributed by atoms with Crippen LogP contribution in [0.25, 0.3) is 0 Å². The largest absolute Gasteiger partial charge is 0.434 e. The summed E-state index contributed by atoms with van der Waals surface area (Å²) >= 11 is 0. The maximum atomic E-state index is 13.8. The lowest BCUT2D eigenvalue weighted by Crippen LogP contribution is -2.11. The quantitative estimate of drug-likeness (QED) is 0.505. The topological polar surface area (TPSA) is 64.4 Å². The van der Waals surface area contributed by atoms with Crippen molar-refractivity contribution >= 4 is 24.7 Å². The molecular formula is C14H10BF3N2O3. The maximum Gasteiger partial charge on any atom is 0.387 e.